The lowest BCUT2D eigenvalue weighted by atomic mass is 10.2. The minimum Gasteiger partial charge on any atom is -0.455 e. The van der Waals surface area contributed by atoms with Crippen LogP contribution in [0.5, 0.6) is 0 Å². The number of benzene rings is 2. The van der Waals surface area contributed by atoms with Crippen molar-refractivity contribution >= 4 is 15.7 Å². The summed E-state index contributed by atoms with van der Waals surface area (Å²) in [6.45, 7) is 2.55. The first-order valence-electron chi connectivity index (χ1n) is 9.93. The molecule has 1 aromatic heterocycles. The number of nitrogens with one attached hydrogen (secondary N) is 1. The van der Waals surface area contributed by atoms with Gasteiger partial charge in [0.15, 0.2) is 15.6 Å². The van der Waals surface area contributed by atoms with Gasteiger partial charge < -0.3 is 9.73 Å². The van der Waals surface area contributed by atoms with E-state index in [0.29, 0.717) is 0 Å². The van der Waals surface area contributed by atoms with Crippen molar-refractivity contribution < 1.29 is 17.6 Å². The summed E-state index contributed by atoms with van der Waals surface area (Å²) in [5, 5.41) is 2.99. The number of likely N-dealkylation sites (tertiary alicyclic amines) is 1. The van der Waals surface area contributed by atoms with Gasteiger partial charge >= 0.3 is 0 Å². The summed E-state index contributed by atoms with van der Waals surface area (Å²) in [6, 6.07) is 21.6. The van der Waals surface area contributed by atoms with Gasteiger partial charge in [-0.1, -0.05) is 48.5 Å². The molecule has 1 aliphatic rings. The quantitative estimate of drug-likeness (QED) is 0.630. The van der Waals surface area contributed by atoms with Crippen molar-refractivity contribution in [2.24, 2.45) is 0 Å². The van der Waals surface area contributed by atoms with Gasteiger partial charge in [0.1, 0.15) is 11.5 Å². The average Bonchev–Trinajstić information content (AvgIpc) is 3.39. The van der Waals surface area contributed by atoms with E-state index in [1.165, 1.54) is 11.6 Å². The topological polar surface area (TPSA) is 79.6 Å². The van der Waals surface area contributed by atoms with E-state index in [2.05, 4.69) is 22.3 Å². The first kappa shape index (κ1) is 20.4. The number of amides is 1. The van der Waals surface area contributed by atoms with E-state index >= 15 is 0 Å². The lowest BCUT2D eigenvalue weighted by molar-refractivity contribution is 0.0908. The molecule has 0 bridgehead atoms. The number of carbonyl (C=O) groups excluding carboxylic acids is 1. The maximum atomic E-state index is 12.5. The van der Waals surface area contributed by atoms with Crippen molar-refractivity contribution in [1.29, 1.82) is 0 Å². The second-order valence-corrected chi connectivity index (χ2v) is 9.51. The van der Waals surface area contributed by atoms with Crippen LogP contribution < -0.4 is 5.32 Å². The van der Waals surface area contributed by atoms with Crippen LogP contribution in [0.25, 0.3) is 0 Å². The third-order valence-corrected chi connectivity index (χ3v) is 6.83. The molecule has 0 spiro atoms. The predicted octanol–water partition coefficient (Wildman–Crippen LogP) is 3.26. The Labute approximate surface area is 176 Å². The number of sulfone groups is 1. The number of rotatable bonds is 7. The van der Waals surface area contributed by atoms with Gasteiger partial charge in [-0.05, 0) is 36.2 Å². The summed E-state index contributed by atoms with van der Waals surface area (Å²) in [7, 11) is -3.52. The van der Waals surface area contributed by atoms with Crippen molar-refractivity contribution in [3.8, 4) is 0 Å². The minimum atomic E-state index is -3.52. The van der Waals surface area contributed by atoms with E-state index < -0.39 is 9.84 Å². The van der Waals surface area contributed by atoms with E-state index in [-0.39, 0.29) is 34.1 Å². The third-order valence-electron chi connectivity index (χ3n) is 5.18. The summed E-state index contributed by atoms with van der Waals surface area (Å²) >= 11 is 0. The minimum absolute atomic E-state index is 0.0443. The van der Waals surface area contributed by atoms with Crippen LogP contribution in [0, 0.1) is 0 Å². The van der Waals surface area contributed by atoms with Crippen molar-refractivity contribution in [2.75, 3.05) is 13.1 Å². The molecule has 2 heterocycles. The molecule has 0 saturated carbocycles. The number of nitrogens with zero attached hydrogens (tertiary/aromatic N) is 1. The second kappa shape index (κ2) is 8.85. The molecule has 30 heavy (non-hydrogen) atoms. The Morgan fingerprint density at radius 2 is 1.70 bits per heavy atom. The van der Waals surface area contributed by atoms with Crippen LogP contribution in [0.1, 0.15) is 28.3 Å². The summed E-state index contributed by atoms with van der Waals surface area (Å²) < 4.78 is 30.5. The van der Waals surface area contributed by atoms with Gasteiger partial charge in [-0.25, -0.2) is 8.42 Å². The zero-order valence-corrected chi connectivity index (χ0v) is 17.3. The summed E-state index contributed by atoms with van der Waals surface area (Å²) in [6.07, 6.45) is 0.870. The maximum absolute atomic E-state index is 12.5. The maximum Gasteiger partial charge on any atom is 0.287 e. The molecule has 1 amide bonds. The van der Waals surface area contributed by atoms with E-state index in [4.69, 9.17) is 4.42 Å². The van der Waals surface area contributed by atoms with Crippen LogP contribution in [0.4, 0.5) is 0 Å². The fourth-order valence-corrected chi connectivity index (χ4v) is 4.94. The zero-order chi connectivity index (χ0) is 21.0. The molecule has 0 radical (unpaired) electrons. The van der Waals surface area contributed by atoms with Crippen molar-refractivity contribution in [3.05, 3.63) is 89.9 Å². The van der Waals surface area contributed by atoms with Gasteiger partial charge in [-0.15, -0.1) is 0 Å². The third kappa shape index (κ3) is 4.98. The molecule has 1 unspecified atom stereocenters. The monoisotopic (exact) mass is 424 g/mol. The Morgan fingerprint density at radius 1 is 1.00 bits per heavy atom. The van der Waals surface area contributed by atoms with Crippen molar-refractivity contribution in [2.45, 2.75) is 29.7 Å². The van der Waals surface area contributed by atoms with Gasteiger partial charge in [0.2, 0.25) is 0 Å². The van der Waals surface area contributed by atoms with Gasteiger partial charge in [-0.3, -0.25) is 9.69 Å². The molecule has 2 aromatic carbocycles. The molecule has 1 fully saturated rings. The smallest absolute Gasteiger partial charge is 0.287 e. The highest BCUT2D eigenvalue weighted by molar-refractivity contribution is 7.90. The predicted molar refractivity (Wildman–Crippen MR) is 114 cm³/mol. The molecule has 1 aliphatic heterocycles. The van der Waals surface area contributed by atoms with Gasteiger partial charge in [0, 0.05) is 25.7 Å². The highest BCUT2D eigenvalue weighted by atomic mass is 32.2. The molecule has 1 atom stereocenters. The van der Waals surface area contributed by atoms with E-state index in [1.807, 2.05) is 18.2 Å². The molecule has 3 aromatic rings. The Hall–Kier alpha value is -2.90. The van der Waals surface area contributed by atoms with Crippen LogP contribution in [-0.2, 0) is 22.1 Å². The standard InChI is InChI=1S/C23H24N2O4S/c26-23(24-19-13-14-25(16-19)15-18-7-3-1-4-8-18)22-12-11-20(29-22)17-30(27,28)21-9-5-2-6-10-21/h1-12,19H,13-17H2,(H,24,26). The van der Waals surface area contributed by atoms with Gasteiger partial charge in [0.05, 0.1) is 4.90 Å². The number of carbonyl (C=O) groups is 1. The zero-order valence-electron chi connectivity index (χ0n) is 16.5. The molecule has 156 valence electrons. The lowest BCUT2D eigenvalue weighted by Crippen LogP contribution is -2.36. The highest BCUT2D eigenvalue weighted by Crippen LogP contribution is 2.19. The molecular weight excluding hydrogens is 400 g/mol. The average molecular weight is 425 g/mol. The van der Waals surface area contributed by atoms with Crippen molar-refractivity contribution in [1.82, 2.24) is 10.2 Å². The molecule has 1 saturated heterocycles. The largest absolute Gasteiger partial charge is 0.455 e. The van der Waals surface area contributed by atoms with Crippen molar-refractivity contribution in [3.63, 3.8) is 0 Å². The van der Waals surface area contributed by atoms with Crippen LogP contribution in [0.3, 0.4) is 0 Å². The molecule has 4 rings (SSSR count). The number of furan rings is 1. The van der Waals surface area contributed by atoms with E-state index in [1.54, 1.807) is 36.4 Å². The summed E-state index contributed by atoms with van der Waals surface area (Å²) in [5.74, 6) is -0.209. The summed E-state index contributed by atoms with van der Waals surface area (Å²) in [4.78, 5) is 15.1. The Bertz CT molecular complexity index is 1090. The first-order chi connectivity index (χ1) is 14.5. The Balaban J connectivity index is 1.32. The van der Waals surface area contributed by atoms with Gasteiger partial charge in [-0.2, -0.15) is 0 Å². The summed E-state index contributed by atoms with van der Waals surface area (Å²) in [5.41, 5.74) is 1.25. The Morgan fingerprint density at radius 3 is 2.43 bits per heavy atom. The second-order valence-electron chi connectivity index (χ2n) is 7.52. The molecule has 7 heteroatoms. The van der Waals surface area contributed by atoms with Gasteiger partial charge in [0.25, 0.3) is 5.91 Å². The highest BCUT2D eigenvalue weighted by Gasteiger charge is 2.25. The Kier molecular flexibility index (Phi) is 6.01. The normalized spacial score (nSPS) is 17.1. The van der Waals surface area contributed by atoms with Crippen LogP contribution >= 0.6 is 0 Å². The molecule has 6 nitrogen and oxygen atoms in total. The first-order valence-corrected chi connectivity index (χ1v) is 11.6. The molecule has 0 aliphatic carbocycles. The van der Waals surface area contributed by atoms with E-state index in [9.17, 15) is 13.2 Å². The SMILES string of the molecule is O=C(NC1CCN(Cc2ccccc2)C1)c1ccc(CS(=O)(=O)c2ccccc2)o1. The number of hydrogen-bond donors (Lipinski definition) is 1. The van der Waals surface area contributed by atoms with Crippen LogP contribution in [0.2, 0.25) is 0 Å². The molecular formula is C23H24N2O4S. The van der Waals surface area contributed by atoms with Crippen LogP contribution in [0.15, 0.2) is 82.1 Å². The fourth-order valence-electron chi connectivity index (χ4n) is 3.67. The van der Waals surface area contributed by atoms with E-state index in [0.717, 1.165) is 26.1 Å². The molecule has 1 N–H and O–H groups in total. The lowest BCUT2D eigenvalue weighted by Gasteiger charge is -2.16. The fraction of sp³-hybridized carbons (Fsp3) is 0.261. The van der Waals surface area contributed by atoms with Crippen LogP contribution in [-0.4, -0.2) is 38.4 Å². The number of hydrogen-bond acceptors (Lipinski definition) is 5.